The maximum atomic E-state index is 7.16. The van der Waals surface area contributed by atoms with Crippen molar-refractivity contribution in [3.8, 4) is 0 Å². The number of ether oxygens (including phenoxy) is 1. The van der Waals surface area contributed by atoms with E-state index in [-0.39, 0.29) is 24.2 Å². The summed E-state index contributed by atoms with van der Waals surface area (Å²) in [7, 11) is 5.04. The molecule has 2 radical (unpaired) electrons. The molecule has 6 nitrogen and oxygen atoms in total. The van der Waals surface area contributed by atoms with Crippen molar-refractivity contribution in [1.29, 1.82) is 0 Å². The van der Waals surface area contributed by atoms with Crippen LogP contribution in [0.1, 0.15) is 50.8 Å². The second kappa shape index (κ2) is 15.1. The van der Waals surface area contributed by atoms with Gasteiger partial charge in [-0.2, -0.15) is 0 Å². The molecule has 0 aromatic heterocycles. The van der Waals surface area contributed by atoms with Crippen LogP contribution in [0.15, 0.2) is 91.0 Å². The van der Waals surface area contributed by atoms with Crippen molar-refractivity contribution < 1.29 is 13.8 Å². The second-order valence-electron chi connectivity index (χ2n) is 10.9. The smallest absolute Gasteiger partial charge is 0.259 e. The van der Waals surface area contributed by atoms with Gasteiger partial charge in [0, 0.05) is 24.1 Å². The maximum absolute atomic E-state index is 7.16. The summed E-state index contributed by atoms with van der Waals surface area (Å²) in [6.07, 6.45) is 0.341. The second-order valence-corrected chi connectivity index (χ2v) is 12.3. The summed E-state index contributed by atoms with van der Waals surface area (Å²) < 4.78 is 21.2. The molecule has 0 aliphatic carbocycles. The minimum absolute atomic E-state index is 0.0998. The molecule has 3 aromatic carbocycles. The summed E-state index contributed by atoms with van der Waals surface area (Å²) in [4.78, 5) is 3.45. The zero-order chi connectivity index (χ0) is 29.2. The Morgan fingerprint density at radius 2 is 1.39 bits per heavy atom. The summed E-state index contributed by atoms with van der Waals surface area (Å²) in [5.74, 6) is 0. The topological polar surface area (TPSA) is 47.3 Å². The van der Waals surface area contributed by atoms with Crippen LogP contribution in [0.4, 0.5) is 0 Å². The zero-order valence-corrected chi connectivity index (χ0v) is 25.4. The predicted octanol–water partition coefficient (Wildman–Crippen LogP) is 6.52. The van der Waals surface area contributed by atoms with Crippen molar-refractivity contribution in [2.45, 2.75) is 69.9 Å². The summed E-state index contributed by atoms with van der Waals surface area (Å²) >= 11 is 0. The van der Waals surface area contributed by atoms with Crippen molar-refractivity contribution in [3.63, 3.8) is 0 Å². The molecule has 1 aliphatic rings. The lowest BCUT2D eigenvalue weighted by molar-refractivity contribution is 0.0319. The van der Waals surface area contributed by atoms with Gasteiger partial charge in [0.1, 0.15) is 14.5 Å². The van der Waals surface area contributed by atoms with Crippen LogP contribution < -0.4 is 5.32 Å². The Kier molecular flexibility index (Phi) is 11.5. The molecule has 0 bridgehead atoms. The minimum atomic E-state index is -1.39. The van der Waals surface area contributed by atoms with E-state index < -0.39 is 20.1 Å². The SMILES string of the molecule is [B][C@H]1C[C@@H](NC(c2ccccc2)(c2ccccc2)c2ccccc2)[C@@H](COP(OCC[N+]#[C-])N(C(C)C)C(C)C)O1. The standard InChI is InChI=1S/C33H41BN3O3P/c1-25(2)37(26(3)4)41(38-22-21-35-5)39-24-31-30(23-32(34)40-31)36-33(27-15-9-6-10-16-27,28-17-11-7-12-18-28)29-19-13-8-14-20-29/h6-20,25-26,30-32,36H,21-24H2,1-4H3/t30-,31-,32-,41?/m1/s1. The van der Waals surface area contributed by atoms with Gasteiger partial charge in [0.05, 0.1) is 18.2 Å². The summed E-state index contributed by atoms with van der Waals surface area (Å²) in [6, 6.07) is 31.5. The number of benzene rings is 3. The Morgan fingerprint density at radius 1 is 0.902 bits per heavy atom. The first-order valence-corrected chi connectivity index (χ1v) is 15.5. The highest BCUT2D eigenvalue weighted by Gasteiger charge is 2.43. The van der Waals surface area contributed by atoms with Crippen LogP contribution in [0.5, 0.6) is 0 Å². The van der Waals surface area contributed by atoms with Crippen molar-refractivity contribution in [2.24, 2.45) is 0 Å². The molecule has 1 saturated heterocycles. The first-order chi connectivity index (χ1) is 19.9. The minimum Gasteiger partial charge on any atom is -0.381 e. The number of hydrogen-bond acceptors (Lipinski definition) is 5. The molecule has 4 atom stereocenters. The highest BCUT2D eigenvalue weighted by molar-refractivity contribution is 7.44. The Hall–Kier alpha value is -2.56. The monoisotopic (exact) mass is 569 g/mol. The van der Waals surface area contributed by atoms with Crippen LogP contribution in [-0.4, -0.2) is 62.5 Å². The van der Waals surface area contributed by atoms with E-state index in [0.29, 0.717) is 26.2 Å². The van der Waals surface area contributed by atoms with Crippen molar-refractivity contribution in [3.05, 3.63) is 119 Å². The molecule has 8 heteroatoms. The molecule has 0 saturated carbocycles. The third-order valence-corrected chi connectivity index (χ3v) is 9.38. The van der Waals surface area contributed by atoms with Gasteiger partial charge in [-0.25, -0.2) is 11.2 Å². The molecule has 0 amide bonds. The molecular formula is C33H41BN3O3P. The molecule has 1 N–H and O–H groups in total. The first-order valence-electron chi connectivity index (χ1n) is 14.4. The van der Waals surface area contributed by atoms with Gasteiger partial charge in [0.25, 0.3) is 8.53 Å². The largest absolute Gasteiger partial charge is 0.381 e. The third-order valence-electron chi connectivity index (χ3n) is 7.31. The fourth-order valence-corrected chi connectivity index (χ4v) is 7.23. The van der Waals surface area contributed by atoms with Crippen LogP contribution in [0, 0.1) is 6.57 Å². The van der Waals surface area contributed by atoms with Crippen LogP contribution in [0.2, 0.25) is 0 Å². The fourth-order valence-electron chi connectivity index (χ4n) is 5.62. The van der Waals surface area contributed by atoms with E-state index in [1.165, 1.54) is 0 Å². The molecule has 1 unspecified atom stereocenters. The number of nitrogens with zero attached hydrogens (tertiary/aromatic N) is 2. The average molecular weight is 569 g/mol. The normalized spacial score (nSPS) is 20.0. The third kappa shape index (κ3) is 7.64. The van der Waals surface area contributed by atoms with Crippen LogP contribution >= 0.6 is 8.53 Å². The van der Waals surface area contributed by atoms with Gasteiger partial charge < -0.3 is 18.6 Å². The van der Waals surface area contributed by atoms with Crippen molar-refractivity contribution in [1.82, 2.24) is 9.99 Å². The quantitative estimate of drug-likeness (QED) is 0.0788. The van der Waals surface area contributed by atoms with Crippen LogP contribution in [0.3, 0.4) is 0 Å². The molecular weight excluding hydrogens is 528 g/mol. The van der Waals surface area contributed by atoms with E-state index in [2.05, 4.69) is 115 Å². The lowest BCUT2D eigenvalue weighted by Crippen LogP contribution is -2.53. The van der Waals surface area contributed by atoms with Gasteiger partial charge >= 0.3 is 0 Å². The molecule has 1 heterocycles. The van der Waals surface area contributed by atoms with Gasteiger partial charge in [0.2, 0.25) is 6.54 Å². The summed E-state index contributed by atoms with van der Waals surface area (Å²) in [6.45, 7) is 16.7. The molecule has 41 heavy (non-hydrogen) atoms. The Bertz CT molecular complexity index is 1120. The van der Waals surface area contributed by atoms with Gasteiger partial charge in [-0.1, -0.05) is 91.0 Å². The van der Waals surface area contributed by atoms with Gasteiger partial charge in [-0.15, -0.1) is 0 Å². The van der Waals surface area contributed by atoms with Crippen molar-refractivity contribution >= 4 is 16.4 Å². The molecule has 1 aliphatic heterocycles. The molecule has 3 aromatic rings. The van der Waals surface area contributed by atoms with Gasteiger partial charge in [-0.3, -0.25) is 5.32 Å². The van der Waals surface area contributed by atoms with E-state index in [1.54, 1.807) is 0 Å². The maximum Gasteiger partial charge on any atom is 0.259 e. The van der Waals surface area contributed by atoms with E-state index in [9.17, 15) is 0 Å². The Morgan fingerprint density at radius 3 is 1.83 bits per heavy atom. The van der Waals surface area contributed by atoms with Gasteiger partial charge in [-0.05, 0) is 50.8 Å². The lowest BCUT2D eigenvalue weighted by atomic mass is 9.76. The summed E-state index contributed by atoms with van der Waals surface area (Å²) in [5, 5.41) is 4.04. The molecule has 214 valence electrons. The molecule has 1 fully saturated rings. The van der Waals surface area contributed by atoms with Gasteiger partial charge in [0.15, 0.2) is 0 Å². The van der Waals surface area contributed by atoms with Crippen LogP contribution in [-0.2, 0) is 19.3 Å². The Balaban J connectivity index is 1.68. The van der Waals surface area contributed by atoms with E-state index >= 15 is 0 Å². The number of hydrogen-bond donors (Lipinski definition) is 1. The van der Waals surface area contributed by atoms with E-state index in [4.69, 9.17) is 28.2 Å². The predicted molar refractivity (Wildman–Crippen MR) is 168 cm³/mol. The van der Waals surface area contributed by atoms with Crippen molar-refractivity contribution in [2.75, 3.05) is 19.8 Å². The lowest BCUT2D eigenvalue weighted by Gasteiger charge is -2.41. The van der Waals surface area contributed by atoms with E-state index in [0.717, 1.165) is 16.7 Å². The highest BCUT2D eigenvalue weighted by Crippen LogP contribution is 2.47. The number of nitrogens with one attached hydrogen (secondary N) is 1. The zero-order valence-electron chi connectivity index (χ0n) is 24.5. The summed E-state index contributed by atoms with van der Waals surface area (Å²) in [5.41, 5.74) is 2.76. The highest BCUT2D eigenvalue weighted by atomic mass is 31.2. The van der Waals surface area contributed by atoms with E-state index in [1.807, 2.05) is 18.2 Å². The molecule has 0 spiro atoms. The average Bonchev–Trinajstić information content (AvgIpc) is 3.33. The Labute approximate surface area is 248 Å². The first kappa shape index (κ1) is 31.4. The molecule has 4 rings (SSSR count). The fraction of sp³-hybridized carbons (Fsp3) is 0.424. The number of rotatable bonds is 14. The van der Waals surface area contributed by atoms with Crippen LogP contribution in [0.25, 0.3) is 4.85 Å².